The van der Waals surface area contributed by atoms with E-state index < -0.39 is 4.92 Å². The van der Waals surface area contributed by atoms with Crippen molar-refractivity contribution < 1.29 is 4.92 Å². The van der Waals surface area contributed by atoms with Gasteiger partial charge in [-0.25, -0.2) is 4.98 Å². The molecule has 1 unspecified atom stereocenters. The van der Waals surface area contributed by atoms with Crippen molar-refractivity contribution in [3.63, 3.8) is 0 Å². The van der Waals surface area contributed by atoms with Gasteiger partial charge in [0.05, 0.1) is 4.92 Å². The molecule has 0 bridgehead atoms. The molecule has 1 rings (SSSR count). The summed E-state index contributed by atoms with van der Waals surface area (Å²) in [4.78, 5) is 16.6. The number of nitrogens with zero attached hydrogens (tertiary/aromatic N) is 3. The average molecular weight is 272 g/mol. The molecule has 5 nitrogen and oxygen atoms in total. The predicted molar refractivity (Wildman–Crippen MR) is 73.2 cm³/mol. The Morgan fingerprint density at radius 3 is 2.67 bits per heavy atom. The Hall–Kier alpha value is -1.36. The van der Waals surface area contributed by atoms with Gasteiger partial charge in [0.25, 0.3) is 0 Å². The standard InChI is InChI=1S/C12H18ClN3O2/c1-4-9(3)8-15(5-2)12-10(16(17)18)6-7-11(13)14-12/h6-7,9H,4-5,8H2,1-3H3. The summed E-state index contributed by atoms with van der Waals surface area (Å²) < 4.78 is 0. The fourth-order valence-corrected chi connectivity index (χ4v) is 1.81. The molecular weight excluding hydrogens is 254 g/mol. The number of halogens is 1. The maximum atomic E-state index is 11.0. The number of pyridine rings is 1. The van der Waals surface area contributed by atoms with Gasteiger partial charge in [0, 0.05) is 19.2 Å². The van der Waals surface area contributed by atoms with E-state index in [1.807, 2.05) is 11.8 Å². The van der Waals surface area contributed by atoms with Crippen LogP contribution in [-0.4, -0.2) is 23.0 Å². The van der Waals surface area contributed by atoms with E-state index in [-0.39, 0.29) is 10.8 Å². The Morgan fingerprint density at radius 1 is 1.50 bits per heavy atom. The summed E-state index contributed by atoms with van der Waals surface area (Å²) in [5, 5.41) is 11.3. The zero-order valence-corrected chi connectivity index (χ0v) is 11.6. The Morgan fingerprint density at radius 2 is 2.17 bits per heavy atom. The highest BCUT2D eigenvalue weighted by Crippen LogP contribution is 2.28. The molecular formula is C12H18ClN3O2. The highest BCUT2D eigenvalue weighted by Gasteiger charge is 2.21. The van der Waals surface area contributed by atoms with Crippen molar-refractivity contribution in [1.82, 2.24) is 4.98 Å². The molecule has 1 aromatic heterocycles. The largest absolute Gasteiger partial charge is 0.351 e. The van der Waals surface area contributed by atoms with Crippen molar-refractivity contribution in [2.24, 2.45) is 5.92 Å². The number of hydrogen-bond acceptors (Lipinski definition) is 4. The highest BCUT2D eigenvalue weighted by molar-refractivity contribution is 6.29. The van der Waals surface area contributed by atoms with Gasteiger partial charge in [-0.15, -0.1) is 0 Å². The lowest BCUT2D eigenvalue weighted by molar-refractivity contribution is -0.384. The minimum atomic E-state index is -0.419. The van der Waals surface area contributed by atoms with Crippen molar-refractivity contribution in [3.05, 3.63) is 27.4 Å². The van der Waals surface area contributed by atoms with Crippen LogP contribution in [0.4, 0.5) is 11.5 Å². The fraction of sp³-hybridized carbons (Fsp3) is 0.583. The quantitative estimate of drug-likeness (QED) is 0.451. The molecule has 18 heavy (non-hydrogen) atoms. The molecule has 0 radical (unpaired) electrons. The lowest BCUT2D eigenvalue weighted by Gasteiger charge is -2.24. The predicted octanol–water partition coefficient (Wildman–Crippen LogP) is 3.52. The summed E-state index contributed by atoms with van der Waals surface area (Å²) in [7, 11) is 0. The second-order valence-electron chi connectivity index (χ2n) is 4.29. The summed E-state index contributed by atoms with van der Waals surface area (Å²) >= 11 is 5.83. The first-order chi connectivity index (χ1) is 8.49. The van der Waals surface area contributed by atoms with Crippen LogP contribution < -0.4 is 4.90 Å². The van der Waals surface area contributed by atoms with Crippen molar-refractivity contribution in [2.75, 3.05) is 18.0 Å². The van der Waals surface area contributed by atoms with Gasteiger partial charge in [-0.2, -0.15) is 0 Å². The van der Waals surface area contributed by atoms with Crippen molar-refractivity contribution in [2.45, 2.75) is 27.2 Å². The third-order valence-electron chi connectivity index (χ3n) is 2.93. The van der Waals surface area contributed by atoms with Crippen LogP contribution in [0.2, 0.25) is 5.15 Å². The van der Waals surface area contributed by atoms with Crippen LogP contribution in [0.1, 0.15) is 27.2 Å². The zero-order valence-electron chi connectivity index (χ0n) is 10.9. The summed E-state index contributed by atoms with van der Waals surface area (Å²) in [5.74, 6) is 0.806. The number of aromatic nitrogens is 1. The molecule has 0 spiro atoms. The highest BCUT2D eigenvalue weighted by atomic mass is 35.5. The van der Waals surface area contributed by atoms with E-state index in [9.17, 15) is 10.1 Å². The smallest absolute Gasteiger partial charge is 0.311 e. The van der Waals surface area contributed by atoms with E-state index >= 15 is 0 Å². The molecule has 1 aromatic rings. The van der Waals surface area contributed by atoms with Crippen molar-refractivity contribution >= 4 is 23.1 Å². The summed E-state index contributed by atoms with van der Waals surface area (Å²) in [5.41, 5.74) is 0.00422. The third-order valence-corrected chi connectivity index (χ3v) is 3.14. The number of nitro groups is 1. The molecule has 1 heterocycles. The second kappa shape index (κ2) is 6.54. The Kier molecular flexibility index (Phi) is 5.34. The monoisotopic (exact) mass is 271 g/mol. The van der Waals surface area contributed by atoms with E-state index in [0.29, 0.717) is 18.3 Å². The van der Waals surface area contributed by atoms with Gasteiger partial charge in [0.2, 0.25) is 5.82 Å². The summed E-state index contributed by atoms with van der Waals surface area (Å²) in [6.07, 6.45) is 1.02. The Balaban J connectivity index is 3.10. The third kappa shape index (κ3) is 3.57. The first-order valence-electron chi connectivity index (χ1n) is 6.05. The van der Waals surface area contributed by atoms with Crippen LogP contribution in [-0.2, 0) is 0 Å². The van der Waals surface area contributed by atoms with Gasteiger partial charge < -0.3 is 4.90 Å². The van der Waals surface area contributed by atoms with E-state index in [4.69, 9.17) is 11.6 Å². The maximum Gasteiger partial charge on any atom is 0.311 e. The number of hydrogen-bond donors (Lipinski definition) is 0. The zero-order chi connectivity index (χ0) is 13.7. The molecule has 0 aliphatic carbocycles. The molecule has 0 amide bonds. The molecule has 1 atom stereocenters. The van der Waals surface area contributed by atoms with Gasteiger partial charge in [0.15, 0.2) is 0 Å². The van der Waals surface area contributed by atoms with Gasteiger partial charge in [-0.3, -0.25) is 10.1 Å². The Bertz CT molecular complexity index is 426. The van der Waals surface area contributed by atoms with Gasteiger partial charge in [-0.1, -0.05) is 31.9 Å². The molecule has 0 N–H and O–H groups in total. The molecule has 6 heteroatoms. The minimum absolute atomic E-state index is 0.00422. The second-order valence-corrected chi connectivity index (χ2v) is 4.67. The summed E-state index contributed by atoms with van der Waals surface area (Å²) in [6.45, 7) is 7.56. The molecule has 0 saturated heterocycles. The first-order valence-corrected chi connectivity index (χ1v) is 6.43. The average Bonchev–Trinajstić information content (AvgIpc) is 2.35. The van der Waals surface area contributed by atoms with Crippen molar-refractivity contribution in [1.29, 1.82) is 0 Å². The summed E-state index contributed by atoms with van der Waals surface area (Å²) in [6, 6.07) is 2.85. The van der Waals surface area contributed by atoms with E-state index in [1.165, 1.54) is 12.1 Å². The van der Waals surface area contributed by atoms with Crippen LogP contribution >= 0.6 is 11.6 Å². The van der Waals surface area contributed by atoms with E-state index in [2.05, 4.69) is 18.8 Å². The van der Waals surface area contributed by atoms with Crippen LogP contribution in [0.3, 0.4) is 0 Å². The van der Waals surface area contributed by atoms with Crippen LogP contribution in [0.5, 0.6) is 0 Å². The van der Waals surface area contributed by atoms with Gasteiger partial charge in [-0.05, 0) is 18.9 Å². The van der Waals surface area contributed by atoms with E-state index in [1.54, 1.807) is 0 Å². The fourth-order valence-electron chi connectivity index (χ4n) is 1.66. The number of anilines is 1. The van der Waals surface area contributed by atoms with Crippen LogP contribution in [0, 0.1) is 16.0 Å². The van der Waals surface area contributed by atoms with Crippen LogP contribution in [0.15, 0.2) is 12.1 Å². The SMILES string of the molecule is CCC(C)CN(CC)c1nc(Cl)ccc1[N+](=O)[O-]. The topological polar surface area (TPSA) is 59.3 Å². The normalized spacial score (nSPS) is 12.2. The van der Waals surface area contributed by atoms with E-state index in [0.717, 1.165) is 13.0 Å². The molecule has 0 aliphatic rings. The lowest BCUT2D eigenvalue weighted by atomic mass is 10.1. The molecule has 0 fully saturated rings. The molecule has 0 aromatic carbocycles. The maximum absolute atomic E-state index is 11.0. The van der Waals surface area contributed by atoms with Crippen molar-refractivity contribution in [3.8, 4) is 0 Å². The first kappa shape index (κ1) is 14.7. The van der Waals surface area contributed by atoms with Gasteiger partial charge in [0.1, 0.15) is 5.15 Å². The minimum Gasteiger partial charge on any atom is -0.351 e. The lowest BCUT2D eigenvalue weighted by Crippen LogP contribution is -2.29. The van der Waals surface area contributed by atoms with Gasteiger partial charge >= 0.3 is 5.69 Å². The Labute approximate surface area is 112 Å². The molecule has 0 saturated carbocycles. The molecule has 0 aliphatic heterocycles. The van der Waals surface area contributed by atoms with Crippen LogP contribution in [0.25, 0.3) is 0 Å². The number of rotatable bonds is 6. The molecule has 100 valence electrons.